The van der Waals surface area contributed by atoms with Crippen LogP contribution in [0.5, 0.6) is 11.5 Å². The molecule has 1 aliphatic heterocycles. The summed E-state index contributed by atoms with van der Waals surface area (Å²) in [6, 6.07) is 19.4. The third-order valence-electron chi connectivity index (χ3n) is 4.72. The second-order valence-electron chi connectivity index (χ2n) is 6.71. The van der Waals surface area contributed by atoms with Crippen LogP contribution in [0.25, 0.3) is 0 Å². The Hall–Kier alpha value is -3.72. The number of ether oxygens (including phenoxy) is 1. The zero-order valence-corrected chi connectivity index (χ0v) is 15.7. The minimum atomic E-state index is -4.42. The normalized spacial score (nSPS) is 12.6. The number of halogens is 3. The summed E-state index contributed by atoms with van der Waals surface area (Å²) in [6.07, 6.45) is -4.42. The van der Waals surface area contributed by atoms with E-state index in [-0.39, 0.29) is 18.0 Å². The molecule has 0 aliphatic carbocycles. The Morgan fingerprint density at radius 1 is 0.933 bits per heavy atom. The van der Waals surface area contributed by atoms with Gasteiger partial charge in [-0.15, -0.1) is 0 Å². The number of fused-ring (bicyclic) bond motifs is 2. The molecule has 6 heteroatoms. The average Bonchev–Trinajstić information content (AvgIpc) is 2.74. The van der Waals surface area contributed by atoms with E-state index < -0.39 is 17.7 Å². The van der Waals surface area contributed by atoms with Gasteiger partial charge in [-0.25, -0.2) is 0 Å². The Bertz CT molecular complexity index is 1110. The van der Waals surface area contributed by atoms with Crippen LogP contribution in [0.3, 0.4) is 0 Å². The summed E-state index contributed by atoms with van der Waals surface area (Å²) in [4.78, 5) is 12.9. The van der Waals surface area contributed by atoms with E-state index in [1.807, 2.05) is 36.4 Å². The van der Waals surface area contributed by atoms with Crippen molar-refractivity contribution in [3.05, 3.63) is 95.1 Å². The smallest absolute Gasteiger partial charge is 0.416 e. The third-order valence-corrected chi connectivity index (χ3v) is 4.72. The highest BCUT2D eigenvalue weighted by atomic mass is 19.4. The van der Waals surface area contributed by atoms with Crippen LogP contribution in [0.2, 0.25) is 0 Å². The topological polar surface area (TPSA) is 38.3 Å². The first kappa shape index (κ1) is 19.6. The van der Waals surface area contributed by atoms with Crippen molar-refractivity contribution in [2.45, 2.75) is 12.1 Å². The number of carbonyl (C=O) groups is 1. The van der Waals surface area contributed by atoms with E-state index in [1.165, 1.54) is 12.1 Å². The van der Waals surface area contributed by atoms with Gasteiger partial charge < -0.3 is 10.1 Å². The molecule has 30 heavy (non-hydrogen) atoms. The lowest BCUT2D eigenvalue weighted by Crippen LogP contribution is -2.31. The number of hydrogen-bond donors (Lipinski definition) is 1. The highest BCUT2D eigenvalue weighted by molar-refractivity contribution is 5.89. The van der Waals surface area contributed by atoms with E-state index in [9.17, 15) is 18.0 Å². The van der Waals surface area contributed by atoms with Crippen molar-refractivity contribution in [2.75, 3.05) is 6.54 Å². The summed E-state index contributed by atoms with van der Waals surface area (Å²) >= 11 is 0. The predicted molar refractivity (Wildman–Crippen MR) is 106 cm³/mol. The molecule has 4 rings (SSSR count). The van der Waals surface area contributed by atoms with Crippen LogP contribution in [-0.2, 0) is 11.0 Å². The molecule has 3 nitrogen and oxygen atoms in total. The van der Waals surface area contributed by atoms with Crippen molar-refractivity contribution in [1.82, 2.24) is 5.32 Å². The number of para-hydroxylation sites is 2. The molecular weight excluding hydrogens is 391 g/mol. The van der Waals surface area contributed by atoms with E-state index in [0.29, 0.717) is 11.5 Å². The minimum Gasteiger partial charge on any atom is -0.457 e. The van der Waals surface area contributed by atoms with Crippen molar-refractivity contribution in [2.24, 2.45) is 0 Å². The van der Waals surface area contributed by atoms with Gasteiger partial charge in [0.25, 0.3) is 0 Å². The molecule has 0 fully saturated rings. The standard InChI is InChI=1S/C24H16F3NO2/c25-24(26,27)17-9-5-7-16(15-17)8-6-14-28-23(29)22-18-10-1-3-12-20(18)30-21-13-4-2-11-19(21)22/h1-5,7,9-13,15,22H,14H2,(H,28,29). The number of rotatable bonds is 2. The zero-order valence-electron chi connectivity index (χ0n) is 15.7. The Kier molecular flexibility index (Phi) is 5.20. The van der Waals surface area contributed by atoms with Crippen molar-refractivity contribution in [3.63, 3.8) is 0 Å². The SMILES string of the molecule is O=C(NCC#Cc1cccc(C(F)(F)F)c1)C1c2ccccc2Oc2ccccc21. The zero-order chi connectivity index (χ0) is 21.1. The monoisotopic (exact) mass is 407 g/mol. The lowest BCUT2D eigenvalue weighted by atomic mass is 9.87. The Labute approximate surface area is 171 Å². The van der Waals surface area contributed by atoms with Crippen LogP contribution in [0, 0.1) is 11.8 Å². The van der Waals surface area contributed by atoms with Gasteiger partial charge >= 0.3 is 6.18 Å². The molecule has 150 valence electrons. The molecule has 3 aromatic carbocycles. The van der Waals surface area contributed by atoms with Gasteiger partial charge in [0, 0.05) is 16.7 Å². The maximum atomic E-state index is 12.9. The summed E-state index contributed by atoms with van der Waals surface area (Å²) in [5.41, 5.74) is 0.980. The summed E-state index contributed by atoms with van der Waals surface area (Å²) in [6.45, 7) is 0.0107. The highest BCUT2D eigenvalue weighted by Crippen LogP contribution is 2.43. The van der Waals surface area contributed by atoms with Crippen molar-refractivity contribution < 1.29 is 22.7 Å². The fraction of sp³-hybridized carbons (Fsp3) is 0.125. The summed E-state index contributed by atoms with van der Waals surface area (Å²) in [5, 5.41) is 2.76. The predicted octanol–water partition coefficient (Wildman–Crippen LogP) is 5.11. The molecule has 1 N–H and O–H groups in total. The summed E-state index contributed by atoms with van der Waals surface area (Å²) < 4.78 is 44.3. The maximum absolute atomic E-state index is 12.9. The van der Waals surface area contributed by atoms with Crippen LogP contribution in [0.15, 0.2) is 72.8 Å². The largest absolute Gasteiger partial charge is 0.457 e. The van der Waals surface area contributed by atoms with Gasteiger partial charge in [-0.2, -0.15) is 13.2 Å². The summed E-state index contributed by atoms with van der Waals surface area (Å²) in [5.74, 6) is 5.81. The fourth-order valence-corrected chi connectivity index (χ4v) is 3.35. The molecule has 0 bridgehead atoms. The van der Waals surface area contributed by atoms with Crippen molar-refractivity contribution in [1.29, 1.82) is 0 Å². The molecule has 0 unspecified atom stereocenters. The fourth-order valence-electron chi connectivity index (χ4n) is 3.35. The molecular formula is C24H16F3NO2. The van der Waals surface area contributed by atoms with E-state index >= 15 is 0 Å². The van der Waals surface area contributed by atoms with E-state index in [4.69, 9.17) is 4.74 Å². The summed E-state index contributed by atoms with van der Waals surface area (Å²) in [7, 11) is 0. The minimum absolute atomic E-state index is 0.0107. The van der Waals surface area contributed by atoms with Crippen molar-refractivity contribution >= 4 is 5.91 Å². The molecule has 0 atom stereocenters. The number of nitrogens with one attached hydrogen (secondary N) is 1. The van der Waals surface area contributed by atoms with Crippen LogP contribution < -0.4 is 10.1 Å². The molecule has 0 saturated heterocycles. The first-order chi connectivity index (χ1) is 14.4. The number of benzene rings is 3. The second-order valence-corrected chi connectivity index (χ2v) is 6.71. The van der Waals surface area contributed by atoms with Gasteiger partial charge in [0.05, 0.1) is 18.0 Å². The van der Waals surface area contributed by atoms with Crippen LogP contribution in [0.1, 0.15) is 28.2 Å². The van der Waals surface area contributed by atoms with Gasteiger partial charge in [-0.3, -0.25) is 4.79 Å². The van der Waals surface area contributed by atoms with Gasteiger partial charge in [-0.05, 0) is 30.3 Å². The quantitative estimate of drug-likeness (QED) is 0.600. The third kappa shape index (κ3) is 4.01. The number of alkyl halides is 3. The van der Waals surface area contributed by atoms with Gasteiger partial charge in [0.15, 0.2) is 0 Å². The first-order valence-electron chi connectivity index (χ1n) is 9.23. The Balaban J connectivity index is 1.51. The van der Waals surface area contributed by atoms with E-state index in [2.05, 4.69) is 17.2 Å². The Morgan fingerprint density at radius 3 is 2.20 bits per heavy atom. The Morgan fingerprint density at radius 2 is 1.57 bits per heavy atom. The number of amides is 1. The van der Waals surface area contributed by atoms with Gasteiger partial charge in [-0.1, -0.05) is 54.3 Å². The van der Waals surface area contributed by atoms with Crippen LogP contribution >= 0.6 is 0 Å². The highest BCUT2D eigenvalue weighted by Gasteiger charge is 2.32. The molecule has 0 saturated carbocycles. The van der Waals surface area contributed by atoms with E-state index in [0.717, 1.165) is 23.3 Å². The molecule has 1 amide bonds. The van der Waals surface area contributed by atoms with Crippen LogP contribution in [0.4, 0.5) is 13.2 Å². The van der Waals surface area contributed by atoms with Gasteiger partial charge in [0.2, 0.25) is 5.91 Å². The maximum Gasteiger partial charge on any atom is 0.416 e. The number of hydrogen-bond acceptors (Lipinski definition) is 2. The second kappa shape index (κ2) is 7.96. The van der Waals surface area contributed by atoms with Crippen molar-refractivity contribution in [3.8, 4) is 23.3 Å². The molecule has 0 spiro atoms. The molecule has 0 radical (unpaired) electrons. The first-order valence-corrected chi connectivity index (χ1v) is 9.23. The van der Waals surface area contributed by atoms with Gasteiger partial charge in [0.1, 0.15) is 11.5 Å². The lowest BCUT2D eigenvalue weighted by molar-refractivity contribution is -0.137. The number of carbonyl (C=O) groups excluding carboxylic acids is 1. The average molecular weight is 407 g/mol. The van der Waals surface area contributed by atoms with E-state index in [1.54, 1.807) is 12.1 Å². The molecule has 0 aromatic heterocycles. The molecule has 1 aliphatic rings. The molecule has 3 aromatic rings. The van der Waals surface area contributed by atoms with Crippen LogP contribution in [-0.4, -0.2) is 12.5 Å². The molecule has 1 heterocycles. The lowest BCUT2D eigenvalue weighted by Gasteiger charge is -2.27.